The molecule has 0 atom stereocenters. The second kappa shape index (κ2) is 7.64. The highest BCUT2D eigenvalue weighted by atomic mass is 32.1. The number of benzene rings is 1. The molecule has 120 valence electrons. The lowest BCUT2D eigenvalue weighted by Crippen LogP contribution is -2.42. The first-order valence-corrected chi connectivity index (χ1v) is 7.72. The van der Waals surface area contributed by atoms with Crippen LogP contribution in [0.25, 0.3) is 0 Å². The van der Waals surface area contributed by atoms with Crippen molar-refractivity contribution in [1.82, 2.24) is 10.9 Å². The number of carbonyl (C=O) groups excluding carboxylic acids is 3. The molecule has 1 aromatic heterocycles. The maximum atomic E-state index is 13.4. The van der Waals surface area contributed by atoms with Crippen LogP contribution >= 0.6 is 11.3 Å². The van der Waals surface area contributed by atoms with Crippen LogP contribution in [0.5, 0.6) is 0 Å². The summed E-state index contributed by atoms with van der Waals surface area (Å²) in [5, 5.41) is 0. The highest BCUT2D eigenvalue weighted by Gasteiger charge is 2.13. The summed E-state index contributed by atoms with van der Waals surface area (Å²) in [6.45, 7) is 1.90. The Hall–Kier alpha value is -2.54. The topological polar surface area (TPSA) is 75.3 Å². The van der Waals surface area contributed by atoms with Crippen molar-refractivity contribution in [3.05, 3.63) is 57.5 Å². The Bertz CT molecular complexity index is 742. The Balaban J connectivity index is 1.78. The zero-order valence-corrected chi connectivity index (χ0v) is 13.2. The molecule has 0 spiro atoms. The van der Waals surface area contributed by atoms with Gasteiger partial charge in [-0.05, 0) is 31.2 Å². The van der Waals surface area contributed by atoms with E-state index in [1.807, 2.05) is 13.0 Å². The molecule has 0 unspecified atom stereocenters. The van der Waals surface area contributed by atoms with Crippen molar-refractivity contribution < 1.29 is 18.8 Å². The van der Waals surface area contributed by atoms with Gasteiger partial charge in [0.25, 0.3) is 5.91 Å². The predicted octanol–water partition coefficient (Wildman–Crippen LogP) is 2.62. The third-order valence-electron chi connectivity index (χ3n) is 3.03. The molecule has 0 bridgehead atoms. The van der Waals surface area contributed by atoms with Gasteiger partial charge < -0.3 is 0 Å². The van der Waals surface area contributed by atoms with Gasteiger partial charge in [-0.15, -0.1) is 11.3 Å². The summed E-state index contributed by atoms with van der Waals surface area (Å²) in [5.41, 5.74) is 4.12. The van der Waals surface area contributed by atoms with Gasteiger partial charge in [-0.1, -0.05) is 12.1 Å². The normalized spacial score (nSPS) is 10.2. The fourth-order valence-electron chi connectivity index (χ4n) is 1.84. The zero-order valence-electron chi connectivity index (χ0n) is 12.4. The largest absolute Gasteiger partial charge is 0.293 e. The average molecular weight is 334 g/mol. The molecule has 5 nitrogen and oxygen atoms in total. The van der Waals surface area contributed by atoms with Crippen LogP contribution < -0.4 is 10.9 Å². The van der Waals surface area contributed by atoms with Gasteiger partial charge in [0.05, 0.1) is 10.4 Å². The molecule has 0 radical (unpaired) electrons. The van der Waals surface area contributed by atoms with Crippen molar-refractivity contribution in [1.29, 1.82) is 0 Å². The number of hydrogen-bond acceptors (Lipinski definition) is 4. The van der Waals surface area contributed by atoms with E-state index in [9.17, 15) is 18.8 Å². The number of thiophene rings is 1. The molecule has 0 aliphatic carbocycles. The molecule has 1 heterocycles. The van der Waals surface area contributed by atoms with Crippen LogP contribution in [0.2, 0.25) is 0 Å². The van der Waals surface area contributed by atoms with Crippen molar-refractivity contribution in [2.24, 2.45) is 0 Å². The summed E-state index contributed by atoms with van der Waals surface area (Å²) in [5.74, 6) is -2.07. The number of Topliss-reactive ketones (excluding diaryl/α,β-unsaturated/α-hetero) is 1. The van der Waals surface area contributed by atoms with E-state index >= 15 is 0 Å². The molecule has 2 amide bonds. The van der Waals surface area contributed by atoms with Crippen LogP contribution in [0.4, 0.5) is 4.39 Å². The molecular weight excluding hydrogens is 319 g/mol. The summed E-state index contributed by atoms with van der Waals surface area (Å²) in [6.07, 6.45) is -0.0192. The molecule has 2 N–H and O–H groups in total. The molecule has 1 aromatic carbocycles. The van der Waals surface area contributed by atoms with E-state index < -0.39 is 17.6 Å². The molecule has 2 rings (SSSR count). The van der Waals surface area contributed by atoms with E-state index in [-0.39, 0.29) is 24.2 Å². The SMILES string of the molecule is Cc1ccc(C(=O)CCC(=O)NNC(=O)c2ccccc2F)s1. The predicted molar refractivity (Wildman–Crippen MR) is 84.6 cm³/mol. The van der Waals surface area contributed by atoms with E-state index in [0.29, 0.717) is 4.88 Å². The van der Waals surface area contributed by atoms with Crippen molar-refractivity contribution in [3.8, 4) is 0 Å². The van der Waals surface area contributed by atoms with Crippen LogP contribution in [0, 0.1) is 12.7 Å². The second-order valence-corrected chi connectivity index (χ2v) is 6.10. The fourth-order valence-corrected chi connectivity index (χ4v) is 2.67. The maximum absolute atomic E-state index is 13.4. The molecule has 7 heteroatoms. The van der Waals surface area contributed by atoms with E-state index in [1.54, 1.807) is 6.07 Å². The zero-order chi connectivity index (χ0) is 16.8. The van der Waals surface area contributed by atoms with Crippen molar-refractivity contribution in [2.45, 2.75) is 19.8 Å². The number of ketones is 1. The minimum Gasteiger partial charge on any atom is -0.293 e. The Kier molecular flexibility index (Phi) is 5.59. The summed E-state index contributed by atoms with van der Waals surface area (Å²) in [4.78, 5) is 36.8. The van der Waals surface area contributed by atoms with Gasteiger partial charge in [0.2, 0.25) is 5.91 Å². The van der Waals surface area contributed by atoms with Crippen molar-refractivity contribution in [3.63, 3.8) is 0 Å². The number of rotatable bonds is 5. The van der Waals surface area contributed by atoms with Gasteiger partial charge in [0, 0.05) is 17.7 Å². The van der Waals surface area contributed by atoms with Crippen molar-refractivity contribution >= 4 is 28.9 Å². The Morgan fingerprint density at radius 1 is 1.04 bits per heavy atom. The van der Waals surface area contributed by atoms with E-state index in [0.717, 1.165) is 10.9 Å². The van der Waals surface area contributed by atoms with Crippen LogP contribution in [0.3, 0.4) is 0 Å². The highest BCUT2D eigenvalue weighted by molar-refractivity contribution is 7.14. The van der Waals surface area contributed by atoms with Gasteiger partial charge in [-0.2, -0.15) is 0 Å². The second-order valence-electron chi connectivity index (χ2n) is 4.82. The minimum atomic E-state index is -0.753. The first-order valence-electron chi connectivity index (χ1n) is 6.90. The molecule has 0 saturated heterocycles. The number of carbonyl (C=O) groups is 3. The number of hydrogen-bond donors (Lipinski definition) is 2. The molecule has 0 aliphatic heterocycles. The summed E-state index contributed by atoms with van der Waals surface area (Å²) in [7, 11) is 0. The standard InChI is InChI=1S/C16H15FN2O3S/c1-10-6-8-14(23-10)13(20)7-9-15(21)18-19-16(22)11-4-2-3-5-12(11)17/h2-6,8H,7,9H2,1H3,(H,18,21)(H,19,22). The number of amides is 2. The molecule has 0 aliphatic rings. The van der Waals surface area contributed by atoms with E-state index in [1.165, 1.54) is 29.5 Å². The van der Waals surface area contributed by atoms with Crippen LogP contribution in [0.1, 0.15) is 37.7 Å². The van der Waals surface area contributed by atoms with Crippen LogP contribution in [-0.4, -0.2) is 17.6 Å². The Morgan fingerprint density at radius 2 is 1.78 bits per heavy atom. The number of halogens is 1. The maximum Gasteiger partial charge on any atom is 0.272 e. The van der Waals surface area contributed by atoms with Gasteiger partial charge in [0.1, 0.15) is 5.82 Å². The number of nitrogens with one attached hydrogen (secondary N) is 2. The number of aryl methyl sites for hydroxylation is 1. The first kappa shape index (κ1) is 16.8. The number of hydrazine groups is 1. The summed E-state index contributed by atoms with van der Waals surface area (Å²) < 4.78 is 13.4. The van der Waals surface area contributed by atoms with Gasteiger partial charge in [0.15, 0.2) is 5.78 Å². The van der Waals surface area contributed by atoms with Crippen LogP contribution in [0.15, 0.2) is 36.4 Å². The summed E-state index contributed by atoms with van der Waals surface area (Å²) in [6, 6.07) is 8.99. The smallest absolute Gasteiger partial charge is 0.272 e. The highest BCUT2D eigenvalue weighted by Crippen LogP contribution is 2.17. The third kappa shape index (κ3) is 4.72. The average Bonchev–Trinajstić information content (AvgIpc) is 2.97. The molecule has 0 saturated carbocycles. The van der Waals surface area contributed by atoms with Crippen molar-refractivity contribution in [2.75, 3.05) is 0 Å². The molecule has 23 heavy (non-hydrogen) atoms. The van der Waals surface area contributed by atoms with E-state index in [2.05, 4.69) is 10.9 Å². The minimum absolute atomic E-state index is 0.0430. The lowest BCUT2D eigenvalue weighted by molar-refractivity contribution is -0.121. The molecular formula is C16H15FN2O3S. The monoisotopic (exact) mass is 334 g/mol. The summed E-state index contributed by atoms with van der Waals surface area (Å²) >= 11 is 1.37. The Morgan fingerprint density at radius 3 is 2.43 bits per heavy atom. The van der Waals surface area contributed by atoms with Gasteiger partial charge >= 0.3 is 0 Å². The molecule has 2 aromatic rings. The Labute approximate surface area is 136 Å². The fraction of sp³-hybridized carbons (Fsp3) is 0.188. The van der Waals surface area contributed by atoms with Crippen LogP contribution in [-0.2, 0) is 4.79 Å². The lowest BCUT2D eigenvalue weighted by Gasteiger charge is -2.07. The molecule has 0 fully saturated rings. The van der Waals surface area contributed by atoms with E-state index in [4.69, 9.17) is 0 Å². The quantitative estimate of drug-likeness (QED) is 0.652. The third-order valence-corrected chi connectivity index (χ3v) is 4.07. The first-order chi connectivity index (χ1) is 11.0. The van der Waals surface area contributed by atoms with Gasteiger partial charge in [-0.3, -0.25) is 25.2 Å². The lowest BCUT2D eigenvalue weighted by atomic mass is 10.2. The van der Waals surface area contributed by atoms with Gasteiger partial charge in [-0.25, -0.2) is 4.39 Å².